The average molecular weight is 288 g/mol. The summed E-state index contributed by atoms with van der Waals surface area (Å²) in [6, 6.07) is 10.9. The number of carbonyl (C=O) groups excluding carboxylic acids is 1. The lowest BCUT2D eigenvalue weighted by molar-refractivity contribution is -0.118. The van der Waals surface area contributed by atoms with Crippen LogP contribution in [0.1, 0.15) is 17.2 Å². The molecular formula is C16H17FN2O2. The maximum atomic E-state index is 13.4. The molecule has 2 rings (SSSR count). The van der Waals surface area contributed by atoms with Crippen LogP contribution in [0.2, 0.25) is 0 Å². The Morgan fingerprint density at radius 1 is 1.29 bits per heavy atom. The summed E-state index contributed by atoms with van der Waals surface area (Å²) in [6.07, 6.45) is 0. The summed E-state index contributed by atoms with van der Waals surface area (Å²) in [5.41, 5.74) is 7.17. The highest BCUT2D eigenvalue weighted by Crippen LogP contribution is 2.28. The average Bonchev–Trinajstić information content (AvgIpc) is 2.48. The Kier molecular flexibility index (Phi) is 4.42. The van der Waals surface area contributed by atoms with Gasteiger partial charge in [-0.05, 0) is 36.2 Å². The van der Waals surface area contributed by atoms with Gasteiger partial charge in [0.15, 0.2) is 0 Å². The number of halogens is 1. The van der Waals surface area contributed by atoms with Gasteiger partial charge in [0.1, 0.15) is 17.6 Å². The Labute approximate surface area is 122 Å². The Morgan fingerprint density at radius 2 is 2.00 bits per heavy atom. The lowest BCUT2D eigenvalue weighted by atomic mass is 10.0. The largest absolute Gasteiger partial charge is 0.495 e. The number of ether oxygens (including phenoxy) is 1. The SMILES string of the molecule is COc1ccccc1NC(C(N)=O)c1ccc(F)c(C)c1. The van der Waals surface area contributed by atoms with Crippen molar-refractivity contribution >= 4 is 11.6 Å². The van der Waals surface area contributed by atoms with Crippen LogP contribution in [0.15, 0.2) is 42.5 Å². The Hall–Kier alpha value is -2.56. The molecule has 1 amide bonds. The molecule has 110 valence electrons. The molecular weight excluding hydrogens is 271 g/mol. The van der Waals surface area contributed by atoms with E-state index in [2.05, 4.69) is 5.32 Å². The molecule has 0 saturated heterocycles. The van der Waals surface area contributed by atoms with Crippen LogP contribution < -0.4 is 15.8 Å². The van der Waals surface area contributed by atoms with Gasteiger partial charge in [-0.3, -0.25) is 4.79 Å². The van der Waals surface area contributed by atoms with Gasteiger partial charge in [0.25, 0.3) is 0 Å². The van der Waals surface area contributed by atoms with Crippen molar-refractivity contribution in [3.8, 4) is 5.75 Å². The van der Waals surface area contributed by atoms with Gasteiger partial charge in [0.05, 0.1) is 12.8 Å². The van der Waals surface area contributed by atoms with Crippen LogP contribution in [0, 0.1) is 12.7 Å². The van der Waals surface area contributed by atoms with E-state index in [0.717, 1.165) is 0 Å². The number of para-hydroxylation sites is 2. The number of benzene rings is 2. The van der Waals surface area contributed by atoms with Crippen molar-refractivity contribution in [2.24, 2.45) is 5.73 Å². The molecule has 0 aliphatic heterocycles. The fraction of sp³-hybridized carbons (Fsp3) is 0.188. The first-order chi connectivity index (χ1) is 10.0. The van der Waals surface area contributed by atoms with Crippen LogP contribution >= 0.6 is 0 Å². The number of hydrogen-bond acceptors (Lipinski definition) is 3. The standard InChI is InChI=1S/C16H17FN2O2/c1-10-9-11(7-8-12(10)17)15(16(18)20)19-13-5-3-4-6-14(13)21-2/h3-9,15,19H,1-2H3,(H2,18,20). The van der Waals surface area contributed by atoms with Crippen LogP contribution in [0.5, 0.6) is 5.75 Å². The normalized spacial score (nSPS) is 11.8. The van der Waals surface area contributed by atoms with Crippen molar-refractivity contribution in [2.75, 3.05) is 12.4 Å². The molecule has 5 heteroatoms. The molecule has 0 saturated carbocycles. The molecule has 4 nitrogen and oxygen atoms in total. The summed E-state index contributed by atoms with van der Waals surface area (Å²) in [5, 5.41) is 3.04. The van der Waals surface area contributed by atoms with Gasteiger partial charge in [-0.25, -0.2) is 4.39 Å². The molecule has 0 heterocycles. The van der Waals surface area contributed by atoms with Gasteiger partial charge in [0, 0.05) is 0 Å². The van der Waals surface area contributed by atoms with E-state index in [9.17, 15) is 9.18 Å². The zero-order valence-electron chi connectivity index (χ0n) is 11.9. The van der Waals surface area contributed by atoms with Crippen LogP contribution in [-0.4, -0.2) is 13.0 Å². The minimum Gasteiger partial charge on any atom is -0.495 e. The van der Waals surface area contributed by atoms with Crippen LogP contribution in [0.25, 0.3) is 0 Å². The minimum absolute atomic E-state index is 0.320. The molecule has 21 heavy (non-hydrogen) atoms. The first-order valence-electron chi connectivity index (χ1n) is 6.48. The molecule has 2 aromatic carbocycles. The number of amides is 1. The van der Waals surface area contributed by atoms with Crippen molar-refractivity contribution < 1.29 is 13.9 Å². The van der Waals surface area contributed by atoms with Crippen molar-refractivity contribution in [3.05, 3.63) is 59.4 Å². The van der Waals surface area contributed by atoms with Crippen LogP contribution in [-0.2, 0) is 4.79 Å². The van der Waals surface area contributed by atoms with Crippen LogP contribution in [0.4, 0.5) is 10.1 Å². The molecule has 2 aromatic rings. The minimum atomic E-state index is -0.763. The summed E-state index contributed by atoms with van der Waals surface area (Å²) in [6.45, 7) is 1.64. The second-order valence-electron chi connectivity index (χ2n) is 4.69. The maximum Gasteiger partial charge on any atom is 0.244 e. The number of primary amides is 1. The third-order valence-electron chi connectivity index (χ3n) is 3.21. The fourth-order valence-electron chi connectivity index (χ4n) is 2.09. The van der Waals surface area contributed by atoms with Crippen molar-refractivity contribution in [2.45, 2.75) is 13.0 Å². The number of hydrogen-bond donors (Lipinski definition) is 2. The number of anilines is 1. The molecule has 0 fully saturated rings. The zero-order chi connectivity index (χ0) is 15.4. The fourth-order valence-corrected chi connectivity index (χ4v) is 2.09. The Morgan fingerprint density at radius 3 is 2.62 bits per heavy atom. The number of aryl methyl sites for hydroxylation is 1. The topological polar surface area (TPSA) is 64.3 Å². The van der Waals surface area contributed by atoms with Crippen molar-refractivity contribution in [1.82, 2.24) is 0 Å². The van der Waals surface area contributed by atoms with Gasteiger partial charge >= 0.3 is 0 Å². The van der Waals surface area contributed by atoms with Crippen molar-refractivity contribution in [3.63, 3.8) is 0 Å². The summed E-state index contributed by atoms with van der Waals surface area (Å²) >= 11 is 0. The summed E-state index contributed by atoms with van der Waals surface area (Å²) in [4.78, 5) is 11.7. The van der Waals surface area contributed by atoms with Crippen molar-refractivity contribution in [1.29, 1.82) is 0 Å². The van der Waals surface area contributed by atoms with Gasteiger partial charge in [0.2, 0.25) is 5.91 Å². The van der Waals surface area contributed by atoms with Gasteiger partial charge < -0.3 is 15.8 Å². The highest BCUT2D eigenvalue weighted by molar-refractivity contribution is 5.85. The van der Waals surface area contributed by atoms with E-state index in [-0.39, 0.29) is 5.82 Å². The number of nitrogens with one attached hydrogen (secondary N) is 1. The second kappa shape index (κ2) is 6.26. The molecule has 0 aromatic heterocycles. The Balaban J connectivity index is 2.35. The highest BCUT2D eigenvalue weighted by atomic mass is 19.1. The first-order valence-corrected chi connectivity index (χ1v) is 6.48. The van der Waals surface area contributed by atoms with E-state index in [1.54, 1.807) is 38.3 Å². The first kappa shape index (κ1) is 14.8. The Bertz CT molecular complexity index is 658. The van der Waals surface area contributed by atoms with E-state index >= 15 is 0 Å². The van der Waals surface area contributed by atoms with Gasteiger partial charge in [-0.2, -0.15) is 0 Å². The number of nitrogens with two attached hydrogens (primary N) is 1. The van der Waals surface area contributed by atoms with E-state index in [1.165, 1.54) is 6.07 Å². The lowest BCUT2D eigenvalue weighted by Gasteiger charge is -2.19. The summed E-state index contributed by atoms with van der Waals surface area (Å²) in [5.74, 6) is -0.270. The molecule has 1 unspecified atom stereocenters. The molecule has 1 atom stereocenters. The van der Waals surface area contributed by atoms with E-state index < -0.39 is 11.9 Å². The lowest BCUT2D eigenvalue weighted by Crippen LogP contribution is -2.28. The van der Waals surface area contributed by atoms with Gasteiger partial charge in [-0.15, -0.1) is 0 Å². The smallest absolute Gasteiger partial charge is 0.244 e. The van der Waals surface area contributed by atoms with Crippen LogP contribution in [0.3, 0.4) is 0 Å². The zero-order valence-corrected chi connectivity index (χ0v) is 11.9. The summed E-state index contributed by atoms with van der Waals surface area (Å²) in [7, 11) is 1.54. The molecule has 0 bridgehead atoms. The maximum absolute atomic E-state index is 13.4. The molecule has 3 N–H and O–H groups in total. The predicted molar refractivity (Wildman–Crippen MR) is 79.7 cm³/mol. The number of methoxy groups -OCH3 is 1. The summed E-state index contributed by atoms with van der Waals surface area (Å²) < 4.78 is 18.6. The van der Waals surface area contributed by atoms with E-state index in [0.29, 0.717) is 22.6 Å². The van der Waals surface area contributed by atoms with Gasteiger partial charge in [-0.1, -0.05) is 24.3 Å². The second-order valence-corrected chi connectivity index (χ2v) is 4.69. The third kappa shape index (κ3) is 3.31. The predicted octanol–water partition coefficient (Wildman–Crippen LogP) is 2.78. The number of carbonyl (C=O) groups is 1. The van der Waals surface area contributed by atoms with E-state index in [1.807, 2.05) is 12.1 Å². The quantitative estimate of drug-likeness (QED) is 0.889. The highest BCUT2D eigenvalue weighted by Gasteiger charge is 2.19. The van der Waals surface area contributed by atoms with E-state index in [4.69, 9.17) is 10.5 Å². The molecule has 0 radical (unpaired) electrons. The third-order valence-corrected chi connectivity index (χ3v) is 3.21. The molecule has 0 aliphatic rings. The molecule has 0 aliphatic carbocycles. The molecule has 0 spiro atoms. The number of rotatable bonds is 5. The monoisotopic (exact) mass is 288 g/mol.